The van der Waals surface area contributed by atoms with Gasteiger partial charge >= 0.3 is 0 Å². The van der Waals surface area contributed by atoms with Crippen molar-refractivity contribution in [3.8, 4) is 33.8 Å². The quantitative estimate of drug-likeness (QED) is 0.170. The second-order valence-corrected chi connectivity index (χ2v) is 13.9. The Morgan fingerprint density at radius 2 is 1.40 bits per heavy atom. The topological polar surface area (TPSA) is 60.7 Å². The number of rotatable bonds is 7. The van der Waals surface area contributed by atoms with Crippen LogP contribution in [0.4, 0.5) is 0 Å². The predicted octanol–water partition coefficient (Wildman–Crippen LogP) is 10.8. The fraction of sp³-hybridized carbons (Fsp3) is 0.317. The van der Waals surface area contributed by atoms with Crippen molar-refractivity contribution in [1.29, 1.82) is 0 Å². The van der Waals surface area contributed by atoms with Crippen LogP contribution in [-0.4, -0.2) is 15.3 Å². The van der Waals surface area contributed by atoms with Crippen molar-refractivity contribution in [2.75, 3.05) is 0 Å². The molecule has 0 amide bonds. The maximum atomic E-state index is 11.5. The Morgan fingerprint density at radius 1 is 0.711 bits per heavy atom. The van der Waals surface area contributed by atoms with Crippen LogP contribution >= 0.6 is 11.6 Å². The highest BCUT2D eigenvalue weighted by Crippen LogP contribution is 2.47. The van der Waals surface area contributed by atoms with E-state index in [4.69, 9.17) is 11.6 Å². The van der Waals surface area contributed by atoms with Crippen molar-refractivity contribution in [3.05, 3.63) is 117 Å². The van der Waals surface area contributed by atoms with Gasteiger partial charge in [-0.05, 0) is 124 Å². The predicted molar refractivity (Wildman–Crippen MR) is 185 cm³/mol. The molecule has 0 bridgehead atoms. The van der Waals surface area contributed by atoms with Gasteiger partial charge in [0.25, 0.3) is 0 Å². The van der Waals surface area contributed by atoms with Gasteiger partial charge < -0.3 is 15.3 Å². The molecule has 0 radical (unpaired) electrons. The van der Waals surface area contributed by atoms with E-state index in [9.17, 15) is 15.3 Å². The van der Waals surface area contributed by atoms with Crippen LogP contribution in [0.25, 0.3) is 33.0 Å². The van der Waals surface area contributed by atoms with Crippen molar-refractivity contribution < 1.29 is 15.3 Å². The minimum absolute atomic E-state index is 0.125. The zero-order valence-electron chi connectivity index (χ0n) is 26.1. The van der Waals surface area contributed by atoms with E-state index in [1.165, 1.54) is 49.7 Å². The first-order valence-corrected chi connectivity index (χ1v) is 16.8. The van der Waals surface area contributed by atoms with Crippen LogP contribution in [0.1, 0.15) is 90.7 Å². The highest BCUT2D eigenvalue weighted by molar-refractivity contribution is 6.36. The summed E-state index contributed by atoms with van der Waals surface area (Å²) < 4.78 is 0. The molecule has 230 valence electrons. The van der Waals surface area contributed by atoms with Crippen molar-refractivity contribution in [3.63, 3.8) is 0 Å². The Balaban J connectivity index is 1.22. The lowest BCUT2D eigenvalue weighted by Crippen LogP contribution is -2.10. The van der Waals surface area contributed by atoms with Gasteiger partial charge in [0.15, 0.2) is 0 Å². The van der Waals surface area contributed by atoms with Crippen LogP contribution in [0, 0.1) is 12.8 Å². The van der Waals surface area contributed by atoms with E-state index in [1.54, 1.807) is 0 Å². The molecule has 3 nitrogen and oxygen atoms in total. The third kappa shape index (κ3) is 5.85. The number of aliphatic hydroxyl groups is 1. The highest BCUT2D eigenvalue weighted by atomic mass is 35.5. The first kappa shape index (κ1) is 29.9. The maximum Gasteiger partial charge on any atom is 0.132 e. The van der Waals surface area contributed by atoms with Gasteiger partial charge in [-0.15, -0.1) is 0 Å². The van der Waals surface area contributed by atoms with Crippen LogP contribution in [0.15, 0.2) is 78.9 Å². The number of phenols is 2. The molecule has 0 aromatic heterocycles. The largest absolute Gasteiger partial charge is 0.507 e. The zero-order valence-corrected chi connectivity index (χ0v) is 26.9. The van der Waals surface area contributed by atoms with E-state index in [0.29, 0.717) is 40.0 Å². The smallest absolute Gasteiger partial charge is 0.132 e. The number of aliphatic hydroxyl groups excluding tert-OH is 1. The van der Waals surface area contributed by atoms with Crippen LogP contribution in [0.3, 0.4) is 0 Å². The van der Waals surface area contributed by atoms with Gasteiger partial charge in [0.2, 0.25) is 0 Å². The molecule has 0 unspecified atom stereocenters. The highest BCUT2D eigenvalue weighted by Gasteiger charge is 2.26. The lowest BCUT2D eigenvalue weighted by Gasteiger charge is -2.26. The molecule has 45 heavy (non-hydrogen) atoms. The molecular formula is C41H41ClO3. The standard InChI is InChI=1S/C41H41ClO3/c1-24-6-10-27(11-7-24)28-12-8-26(9-13-28)19-33-21-32(18-25(2)40(33)44)34-4-3-5-35(37(34)23-43)36-17-16-30-20-31(29-14-15-29)22-38(42)39(30)41(36)45/h3-5,8-9,12-13,16-18,20-22,24,27,29,43-45H,6-7,10-11,14-15,19,23H2,1-2H3. The van der Waals surface area contributed by atoms with Gasteiger partial charge in [0.05, 0.1) is 11.6 Å². The van der Waals surface area contributed by atoms with Gasteiger partial charge in [-0.3, -0.25) is 0 Å². The van der Waals surface area contributed by atoms with E-state index >= 15 is 0 Å². The summed E-state index contributed by atoms with van der Waals surface area (Å²) in [5.74, 6) is 2.48. The SMILES string of the molecule is Cc1cc(-c2cccc(-c3ccc4cc(C5CC5)cc(Cl)c4c3O)c2CO)cc(Cc2ccc(C3CCC(C)CC3)cc2)c1O. The Morgan fingerprint density at radius 3 is 2.11 bits per heavy atom. The molecule has 5 aromatic carbocycles. The number of fused-ring (bicyclic) bond motifs is 1. The molecule has 0 spiro atoms. The van der Waals surface area contributed by atoms with Crippen molar-refractivity contribution in [2.45, 2.75) is 77.2 Å². The summed E-state index contributed by atoms with van der Waals surface area (Å²) in [5.41, 5.74) is 9.37. The summed E-state index contributed by atoms with van der Waals surface area (Å²) in [4.78, 5) is 0. The number of aromatic hydroxyl groups is 2. The number of hydrogen-bond donors (Lipinski definition) is 3. The van der Waals surface area contributed by atoms with E-state index in [1.807, 2.05) is 55.5 Å². The number of hydrogen-bond acceptors (Lipinski definition) is 3. The lowest BCUT2D eigenvalue weighted by atomic mass is 9.79. The van der Waals surface area contributed by atoms with Crippen molar-refractivity contribution >= 4 is 22.4 Å². The Bertz CT molecular complexity index is 1880. The summed E-state index contributed by atoms with van der Waals surface area (Å²) in [6.45, 7) is 4.08. The average Bonchev–Trinajstić information content (AvgIpc) is 3.89. The van der Waals surface area contributed by atoms with Crippen LogP contribution in [0.2, 0.25) is 5.02 Å². The molecule has 4 heteroatoms. The molecule has 2 fully saturated rings. The van der Waals surface area contributed by atoms with Gasteiger partial charge in [-0.2, -0.15) is 0 Å². The molecular weight excluding hydrogens is 576 g/mol. The monoisotopic (exact) mass is 616 g/mol. The summed E-state index contributed by atoms with van der Waals surface area (Å²) in [7, 11) is 0. The average molecular weight is 617 g/mol. The minimum Gasteiger partial charge on any atom is -0.507 e. The third-order valence-corrected chi connectivity index (χ3v) is 10.6. The molecule has 7 rings (SSSR count). The van der Waals surface area contributed by atoms with Crippen molar-refractivity contribution in [1.82, 2.24) is 0 Å². The van der Waals surface area contributed by atoms with Crippen LogP contribution in [-0.2, 0) is 13.0 Å². The van der Waals surface area contributed by atoms with Gasteiger partial charge in [-0.1, -0.05) is 92.0 Å². The normalized spacial score (nSPS) is 18.4. The zero-order chi connectivity index (χ0) is 31.2. The second kappa shape index (κ2) is 12.2. The molecule has 0 atom stereocenters. The van der Waals surface area contributed by atoms with E-state index in [0.717, 1.165) is 50.2 Å². The molecule has 2 saturated carbocycles. The van der Waals surface area contributed by atoms with E-state index in [-0.39, 0.29) is 12.4 Å². The van der Waals surface area contributed by atoms with Gasteiger partial charge in [0.1, 0.15) is 11.5 Å². The Hall–Kier alpha value is -3.79. The minimum atomic E-state index is -0.200. The number of phenolic OH excluding ortho intramolecular Hbond substituents is 2. The number of benzene rings is 5. The van der Waals surface area contributed by atoms with Gasteiger partial charge in [0, 0.05) is 17.4 Å². The third-order valence-electron chi connectivity index (χ3n) is 10.3. The Kier molecular flexibility index (Phi) is 8.10. The van der Waals surface area contributed by atoms with E-state index in [2.05, 4.69) is 37.3 Å². The first-order chi connectivity index (χ1) is 21.8. The summed E-state index contributed by atoms with van der Waals surface area (Å²) >= 11 is 6.74. The van der Waals surface area contributed by atoms with Crippen LogP contribution < -0.4 is 0 Å². The molecule has 3 N–H and O–H groups in total. The summed E-state index contributed by atoms with van der Waals surface area (Å²) in [5, 5.41) is 35.4. The number of halogens is 1. The fourth-order valence-electron chi connectivity index (χ4n) is 7.43. The molecule has 2 aliphatic carbocycles. The van der Waals surface area contributed by atoms with Crippen LogP contribution in [0.5, 0.6) is 11.5 Å². The molecule has 5 aromatic rings. The fourth-order valence-corrected chi connectivity index (χ4v) is 7.76. The van der Waals surface area contributed by atoms with E-state index < -0.39 is 0 Å². The van der Waals surface area contributed by atoms with Gasteiger partial charge in [-0.25, -0.2) is 0 Å². The summed E-state index contributed by atoms with van der Waals surface area (Å²) in [6, 6.07) is 26.9. The Labute approximate surface area is 271 Å². The molecule has 0 aliphatic heterocycles. The maximum absolute atomic E-state index is 11.5. The number of aryl methyl sites for hydroxylation is 1. The summed E-state index contributed by atoms with van der Waals surface area (Å²) in [6.07, 6.45) is 8.12. The van der Waals surface area contributed by atoms with Crippen molar-refractivity contribution in [2.24, 2.45) is 5.92 Å². The molecule has 0 saturated heterocycles. The lowest BCUT2D eigenvalue weighted by molar-refractivity contribution is 0.283. The first-order valence-electron chi connectivity index (χ1n) is 16.4. The molecule has 0 heterocycles. The molecule has 2 aliphatic rings. The second-order valence-electron chi connectivity index (χ2n) is 13.5.